The summed E-state index contributed by atoms with van der Waals surface area (Å²) < 4.78 is 115. The highest BCUT2D eigenvalue weighted by Crippen LogP contribution is 2.45. The lowest BCUT2D eigenvalue weighted by molar-refractivity contribution is -0.153. The molecular weight excluding hydrogens is 1040 g/mol. The van der Waals surface area contributed by atoms with Crippen molar-refractivity contribution in [3.05, 3.63) is 51.9 Å². The van der Waals surface area contributed by atoms with E-state index < -0.39 is 78.6 Å². The third-order valence-corrected chi connectivity index (χ3v) is 15.6. The van der Waals surface area contributed by atoms with Gasteiger partial charge in [0.2, 0.25) is 0 Å². The second-order valence-electron chi connectivity index (χ2n) is 21.8. The zero-order valence-electron chi connectivity index (χ0n) is 44.6. The van der Waals surface area contributed by atoms with Gasteiger partial charge in [-0.05, 0) is 70.0 Å². The van der Waals surface area contributed by atoms with E-state index in [1.807, 2.05) is 23.9 Å². The van der Waals surface area contributed by atoms with Crippen LogP contribution in [-0.2, 0) is 43.2 Å². The Morgan fingerprint density at radius 3 is 2.30 bits per heavy atom. The molecule has 4 aromatic rings. The number of benzene rings is 1. The molecule has 7 heterocycles. The molecular formula is C52H66F7N11O6S. The Labute approximate surface area is 446 Å². The van der Waals surface area contributed by atoms with Crippen LogP contribution in [0.2, 0.25) is 0 Å². The number of hydrazine groups is 1. The van der Waals surface area contributed by atoms with Gasteiger partial charge in [0, 0.05) is 99.7 Å². The number of ether oxygens (including phenoxy) is 2. The summed E-state index contributed by atoms with van der Waals surface area (Å²) in [5.74, 6) is -3.58. The number of methoxy groups -OCH3 is 1. The zero-order valence-corrected chi connectivity index (χ0v) is 45.5. The molecule has 4 aliphatic rings. The minimum atomic E-state index is -4.84. The van der Waals surface area contributed by atoms with Crippen LogP contribution in [0.3, 0.4) is 0 Å². The standard InChI is InChI=1S/C52H66F7N11O6S/c1-29(2)44(65(8)49(74)68-23-32(24-68)64(6)7)46(71)62-39-20-42-61-40(25-77-42)34-18-33-36(21-50(4,5)28-76-48(73)38-11-10-12-70(63-38)47(39)72)45(69(27-52(57,58)59)41(33)19-37(34)53)35-17-31(22-60-43(35)30(3)75-9)67-15-13-66(14-16-67)26-51(54,55)56/h17-19,22,25,29-30,32,38,44,63H,10-16,20-21,23-24,26-28H2,1-9H3/t30-,38-,44-/m0/s1. The van der Waals surface area contributed by atoms with E-state index in [1.54, 1.807) is 45.6 Å². The fourth-order valence-corrected chi connectivity index (χ4v) is 11.3. The number of rotatable bonds is 10. The largest absolute Gasteiger partial charge is 0.464 e. The molecule has 1 N–H and O–H groups in total. The number of nitrogens with zero attached hydrogens (tertiary/aromatic N) is 10. The average molecular weight is 1110 g/mol. The normalized spacial score (nSPS) is 20.7. The van der Waals surface area contributed by atoms with Crippen molar-refractivity contribution < 1.29 is 59.4 Å². The Balaban J connectivity index is 1.26. The maximum absolute atomic E-state index is 17.0. The second-order valence-corrected chi connectivity index (χ2v) is 22.7. The van der Waals surface area contributed by atoms with Crippen molar-refractivity contribution in [3.8, 4) is 22.5 Å². The van der Waals surface area contributed by atoms with E-state index in [2.05, 4.69) is 10.4 Å². The SMILES string of the molecule is CO[C@@H](C)c1ncc(N2CCN(CC(F)(F)F)CC2)cc1-c1c2c3cc(c(F)cc3n1CC(F)(F)F)-c1csc(n1)CC(=NC(=O)[C@H](C(C)C)N(C)C(=O)N1CC(N(C)C)C1)C(=O)N1CCC[C@H](N1)C(=O)OCC(C)(C)C2. The van der Waals surface area contributed by atoms with Crippen molar-refractivity contribution in [2.24, 2.45) is 16.3 Å². The number of aliphatic imine (C=N–C) groups is 1. The van der Waals surface area contributed by atoms with Gasteiger partial charge in [-0.3, -0.25) is 29.3 Å². The first-order valence-electron chi connectivity index (χ1n) is 25.6. The molecule has 4 amide bonds. The molecule has 3 fully saturated rings. The molecule has 0 saturated carbocycles. The van der Waals surface area contributed by atoms with Crippen LogP contribution in [0.5, 0.6) is 0 Å². The van der Waals surface area contributed by atoms with E-state index >= 15 is 17.6 Å². The van der Waals surface area contributed by atoms with Crippen LogP contribution in [0.25, 0.3) is 33.4 Å². The molecule has 3 saturated heterocycles. The fourth-order valence-electron chi connectivity index (χ4n) is 10.5. The number of carbonyl (C=O) groups is 4. The molecule has 0 aliphatic carbocycles. The van der Waals surface area contributed by atoms with Crippen molar-refractivity contribution in [1.82, 2.24) is 44.6 Å². The van der Waals surface area contributed by atoms with Crippen LogP contribution >= 0.6 is 11.3 Å². The molecule has 3 atom stereocenters. The number of halogens is 7. The van der Waals surface area contributed by atoms with Gasteiger partial charge in [-0.15, -0.1) is 11.3 Å². The van der Waals surface area contributed by atoms with Gasteiger partial charge < -0.3 is 33.6 Å². The van der Waals surface area contributed by atoms with E-state index in [-0.39, 0.29) is 120 Å². The number of pyridine rings is 1. The number of likely N-dealkylation sites (tertiary alicyclic amines) is 1. The number of piperazine rings is 1. The first-order valence-corrected chi connectivity index (χ1v) is 26.5. The van der Waals surface area contributed by atoms with Crippen LogP contribution in [0.15, 0.2) is 34.8 Å². The van der Waals surface area contributed by atoms with Crippen molar-refractivity contribution in [1.29, 1.82) is 0 Å². The summed E-state index contributed by atoms with van der Waals surface area (Å²) in [4.78, 5) is 78.5. The molecule has 17 nitrogen and oxygen atoms in total. The quantitative estimate of drug-likeness (QED) is 0.124. The number of alkyl halides is 6. The number of aromatic nitrogens is 3. The number of hydrogen-bond donors (Lipinski definition) is 1. The number of likely N-dealkylation sites (N-methyl/N-ethyl adjacent to an activating group) is 2. The smallest absolute Gasteiger partial charge is 0.406 e. The van der Waals surface area contributed by atoms with Gasteiger partial charge in [0.25, 0.3) is 11.8 Å². The Bertz CT molecular complexity index is 2890. The zero-order chi connectivity index (χ0) is 56.1. The number of amides is 4. The van der Waals surface area contributed by atoms with Gasteiger partial charge in [-0.2, -0.15) is 26.3 Å². The number of carbonyl (C=O) groups excluding carboxylic acids is 4. The van der Waals surface area contributed by atoms with Gasteiger partial charge >= 0.3 is 24.4 Å². The third-order valence-electron chi connectivity index (χ3n) is 14.7. The van der Waals surface area contributed by atoms with Crippen LogP contribution in [0, 0.1) is 17.2 Å². The lowest BCUT2D eigenvalue weighted by Crippen LogP contribution is -2.63. The molecule has 77 heavy (non-hydrogen) atoms. The number of fused-ring (bicyclic) bond motifs is 6. The van der Waals surface area contributed by atoms with Crippen LogP contribution in [0.1, 0.15) is 69.8 Å². The number of nitrogens with one attached hydrogen (secondary N) is 1. The summed E-state index contributed by atoms with van der Waals surface area (Å²) in [5, 5.41) is 3.18. The maximum atomic E-state index is 17.0. The molecule has 8 rings (SSSR count). The highest BCUT2D eigenvalue weighted by molar-refractivity contribution is 7.10. The molecule has 0 unspecified atom stereocenters. The molecule has 4 aliphatic heterocycles. The van der Waals surface area contributed by atoms with Crippen LogP contribution < -0.4 is 10.3 Å². The second kappa shape index (κ2) is 22.5. The minimum absolute atomic E-state index is 0.0329. The van der Waals surface area contributed by atoms with Gasteiger partial charge in [0.15, 0.2) is 0 Å². The molecule has 3 aromatic heterocycles. The Kier molecular flexibility index (Phi) is 16.8. The van der Waals surface area contributed by atoms with Crippen LogP contribution in [-0.4, -0.2) is 186 Å². The molecule has 0 radical (unpaired) electrons. The van der Waals surface area contributed by atoms with Crippen molar-refractivity contribution in [3.63, 3.8) is 0 Å². The average Bonchev–Trinajstić information content (AvgIpc) is 3.98. The fraction of sp³-hybridized carbons (Fsp3) is 0.596. The minimum Gasteiger partial charge on any atom is -0.464 e. The molecule has 420 valence electrons. The van der Waals surface area contributed by atoms with E-state index in [0.29, 0.717) is 30.8 Å². The lowest BCUT2D eigenvalue weighted by atomic mass is 9.84. The predicted molar refractivity (Wildman–Crippen MR) is 276 cm³/mol. The Morgan fingerprint density at radius 1 is 0.974 bits per heavy atom. The third kappa shape index (κ3) is 12.9. The summed E-state index contributed by atoms with van der Waals surface area (Å²) in [5.41, 5.74) is 2.81. The first-order chi connectivity index (χ1) is 36.1. The molecule has 0 spiro atoms. The van der Waals surface area contributed by atoms with Gasteiger partial charge in [-0.1, -0.05) is 27.7 Å². The Hall–Kier alpha value is -5.76. The van der Waals surface area contributed by atoms with Gasteiger partial charge in [0.1, 0.15) is 30.2 Å². The number of thiazole rings is 1. The highest BCUT2D eigenvalue weighted by Gasteiger charge is 2.41. The van der Waals surface area contributed by atoms with E-state index in [1.165, 1.54) is 46.6 Å². The number of cyclic esters (lactones) is 1. The topological polar surface area (TPSA) is 161 Å². The maximum Gasteiger partial charge on any atom is 0.406 e. The summed E-state index contributed by atoms with van der Waals surface area (Å²) in [6, 6.07) is 1.76. The van der Waals surface area contributed by atoms with E-state index in [0.717, 1.165) is 22.0 Å². The van der Waals surface area contributed by atoms with E-state index in [9.17, 15) is 32.3 Å². The van der Waals surface area contributed by atoms with Gasteiger partial charge in [0.05, 0.1) is 58.7 Å². The van der Waals surface area contributed by atoms with Crippen molar-refractivity contribution >= 4 is 57.5 Å². The van der Waals surface area contributed by atoms with E-state index in [4.69, 9.17) is 19.4 Å². The number of anilines is 1. The summed E-state index contributed by atoms with van der Waals surface area (Å²) in [7, 11) is 6.76. The highest BCUT2D eigenvalue weighted by atomic mass is 32.1. The van der Waals surface area contributed by atoms with Crippen molar-refractivity contribution in [2.45, 2.75) is 103 Å². The van der Waals surface area contributed by atoms with Crippen molar-refractivity contribution in [2.75, 3.05) is 92.1 Å². The predicted octanol–water partition coefficient (Wildman–Crippen LogP) is 7.37. The number of esters is 1. The molecule has 25 heteroatoms. The van der Waals surface area contributed by atoms with Gasteiger partial charge in [-0.25, -0.2) is 24.6 Å². The Morgan fingerprint density at radius 2 is 1.66 bits per heavy atom. The molecule has 6 bridgehead atoms. The summed E-state index contributed by atoms with van der Waals surface area (Å²) >= 11 is 1.04. The summed E-state index contributed by atoms with van der Waals surface area (Å²) in [6.07, 6.45) is -8.28. The lowest BCUT2D eigenvalue weighted by Gasteiger charge is -2.45. The first kappa shape index (κ1) is 57.4. The molecule has 1 aromatic carbocycles. The van der Waals surface area contributed by atoms with Crippen LogP contribution in [0.4, 0.5) is 41.2 Å². The summed E-state index contributed by atoms with van der Waals surface area (Å²) in [6.45, 7) is 7.30. The number of hydrogen-bond acceptors (Lipinski definition) is 13. The monoisotopic (exact) mass is 1110 g/mol. The number of urea groups is 1.